The molecule has 27 nitrogen and oxygen atoms in total. The first kappa shape index (κ1) is 85.2. The van der Waals surface area contributed by atoms with E-state index in [9.17, 15) is 44.1 Å². The molecule has 0 bridgehead atoms. The number of benzene rings is 3. The third-order valence-electron chi connectivity index (χ3n) is 22.9. The molecule has 0 spiro atoms. The van der Waals surface area contributed by atoms with Gasteiger partial charge < -0.3 is 43.2 Å². The summed E-state index contributed by atoms with van der Waals surface area (Å²) in [5, 5.41) is 28.3. The lowest BCUT2D eigenvalue weighted by Gasteiger charge is -2.32. The van der Waals surface area contributed by atoms with Crippen LogP contribution in [0.4, 0.5) is 0 Å². The number of aliphatic hydroxyl groups is 3. The Morgan fingerprint density at radius 1 is 0.385 bits per heavy atom. The zero-order valence-electron chi connectivity index (χ0n) is 68.4. The molecule has 0 aliphatic heterocycles. The van der Waals surface area contributed by atoms with Gasteiger partial charge in [-0.1, -0.05) is 126 Å². The number of fused-ring (bicyclic) bond motifs is 3. The standard InChI is InChI=1S/2C30H37N5O4.C29H35N5O4.CH4/c1-5-20(3)35-28-26(29(37)33(30(35)38)14-9-15-36)34(18-22-10-7-6-8-11-22)27(32-28)24-12-13-25(31-21(24)4)39-23-16-19(2)17-23;1-4-20(2)35-28-26(29(37)33(30(35)38)17-10-18-36)34(19-22-11-6-5-7-12-22)27(32-28)24-15-16-25(31-21(24)3)39-23-13-8-9-14-23;1-4-19(2)34-27-25(28(36)32(29(34)37)16-9-17-35)33(18-21-10-6-5-7-11-21)26(31-27)23-14-15-24(30-20(23)3)38-22-12-8-13-22;/h6-8,10-13,19-20,23,36H,5,9,14-18H2,1-4H3;5-7,11-12,15-16,20,23,36H,4,8-10,13-14,17-19H2,1-3H3;5-7,10-11,14-15,19,22,35H,4,8-9,12-13,16-18H2,1-3H3;1H4. The van der Waals surface area contributed by atoms with Crippen LogP contribution in [0.1, 0.15) is 204 Å². The fourth-order valence-corrected chi connectivity index (χ4v) is 15.6. The number of pyridine rings is 3. The Kier molecular flexibility index (Phi) is 27.9. The highest BCUT2D eigenvalue weighted by Crippen LogP contribution is 2.36. The highest BCUT2D eigenvalue weighted by molar-refractivity contribution is 5.81. The summed E-state index contributed by atoms with van der Waals surface area (Å²) in [5.41, 5.74) is 7.40. The van der Waals surface area contributed by atoms with Crippen molar-refractivity contribution in [3.8, 4) is 51.8 Å². The van der Waals surface area contributed by atoms with Gasteiger partial charge >= 0.3 is 17.1 Å². The molecule has 0 saturated heterocycles. The molecule has 0 radical (unpaired) electrons. The Morgan fingerprint density at radius 2 is 0.667 bits per heavy atom. The van der Waals surface area contributed by atoms with Crippen LogP contribution in [-0.4, -0.2) is 124 Å². The van der Waals surface area contributed by atoms with E-state index >= 15 is 0 Å². The quantitative estimate of drug-likeness (QED) is 0.0377. The zero-order chi connectivity index (χ0) is 82.0. The minimum Gasteiger partial charge on any atom is -0.474 e. The molecule has 3 N–H and O–H groups in total. The number of aromatic nitrogens is 15. The number of rotatable bonds is 30. The smallest absolute Gasteiger partial charge is 0.332 e. The van der Waals surface area contributed by atoms with E-state index in [4.69, 9.17) is 44.1 Å². The second-order valence-corrected chi connectivity index (χ2v) is 31.2. The number of nitrogens with zero attached hydrogens (tertiary/aromatic N) is 15. The molecule has 9 heterocycles. The van der Waals surface area contributed by atoms with Gasteiger partial charge in [0, 0.05) is 112 Å². The van der Waals surface area contributed by atoms with Crippen LogP contribution >= 0.6 is 0 Å². The summed E-state index contributed by atoms with van der Waals surface area (Å²) in [6.07, 6.45) is 13.4. The summed E-state index contributed by atoms with van der Waals surface area (Å²) >= 11 is 0. The average Bonchev–Trinajstić information content (AvgIpc) is 1.60. The molecule has 0 amide bonds. The van der Waals surface area contributed by atoms with Crippen molar-refractivity contribution in [1.29, 1.82) is 0 Å². The van der Waals surface area contributed by atoms with Gasteiger partial charge in [-0.15, -0.1) is 0 Å². The van der Waals surface area contributed by atoms with Gasteiger partial charge in [0.25, 0.3) is 16.7 Å². The molecule has 9 aromatic heterocycles. The van der Waals surface area contributed by atoms with Crippen LogP contribution in [0.15, 0.2) is 156 Å². The molecule has 15 rings (SSSR count). The molecule has 3 aromatic carbocycles. The van der Waals surface area contributed by atoms with Gasteiger partial charge in [0.15, 0.2) is 33.5 Å². The van der Waals surface area contributed by atoms with Crippen LogP contribution in [0.2, 0.25) is 0 Å². The van der Waals surface area contributed by atoms with Crippen LogP contribution in [0.5, 0.6) is 17.6 Å². The Balaban J connectivity index is 0.000000161. The van der Waals surface area contributed by atoms with Gasteiger partial charge in [-0.2, -0.15) is 0 Å². The Hall–Kier alpha value is -11.2. The van der Waals surface area contributed by atoms with Crippen molar-refractivity contribution in [3.05, 3.63) is 224 Å². The zero-order valence-corrected chi connectivity index (χ0v) is 68.4. The average molecular weight is 1600 g/mol. The lowest BCUT2D eigenvalue weighted by atomic mass is 9.84. The van der Waals surface area contributed by atoms with Gasteiger partial charge in [-0.25, -0.2) is 44.3 Å². The molecule has 12 aromatic rings. The molecule has 3 saturated carbocycles. The molecule has 3 unspecified atom stereocenters. The summed E-state index contributed by atoms with van der Waals surface area (Å²) < 4.78 is 32.5. The maximum Gasteiger partial charge on any atom is 0.332 e. The molecule has 3 fully saturated rings. The third kappa shape index (κ3) is 18.2. The lowest BCUT2D eigenvalue weighted by Crippen LogP contribution is -2.41. The van der Waals surface area contributed by atoms with Crippen molar-refractivity contribution in [2.45, 2.75) is 249 Å². The van der Waals surface area contributed by atoms with Gasteiger partial charge in [-0.05, 0) is 179 Å². The number of ether oxygens (including phenoxy) is 3. The van der Waals surface area contributed by atoms with Crippen LogP contribution in [0.3, 0.4) is 0 Å². The van der Waals surface area contributed by atoms with Crippen LogP contribution in [0.25, 0.3) is 67.7 Å². The van der Waals surface area contributed by atoms with Crippen molar-refractivity contribution < 1.29 is 29.5 Å². The maximum absolute atomic E-state index is 13.9. The largest absolute Gasteiger partial charge is 0.474 e. The van der Waals surface area contributed by atoms with Crippen molar-refractivity contribution in [2.24, 2.45) is 5.92 Å². The molecule has 3 aliphatic carbocycles. The Labute approximate surface area is 680 Å². The fraction of sp³-hybridized carbons (Fsp3) is 0.467. The predicted molar refractivity (Wildman–Crippen MR) is 456 cm³/mol. The van der Waals surface area contributed by atoms with Crippen molar-refractivity contribution in [3.63, 3.8) is 0 Å². The topological polar surface area (TPSA) is 313 Å². The number of aliphatic hydroxyl groups excluding tert-OH is 3. The molecular weight excluding hydrogens is 1480 g/mol. The normalized spacial score (nSPS) is 15.6. The SMILES string of the molecule is C.CCC(C)n1c(=O)n(CCCO)c(=O)c2c1nc(-c1ccc(OC3CC(C)C3)nc1C)n2Cc1ccccc1.CCC(C)n1c(=O)n(CCCO)c(=O)c2c1nc(-c1ccc(OC3CCC3)nc1C)n2Cc1ccccc1.CCC(C)n1c(=O)n(CCCO)c(=O)c2c1nc(-c1ccc(OC3CCCC3)nc1C)n2Cc1ccccc1. The van der Waals surface area contributed by atoms with Crippen molar-refractivity contribution in [1.82, 2.24) is 71.0 Å². The van der Waals surface area contributed by atoms with Crippen LogP contribution < -0.4 is 48.0 Å². The number of hydrogen-bond acceptors (Lipinski definition) is 18. The number of imidazole rings is 3. The summed E-state index contributed by atoms with van der Waals surface area (Å²) in [5.74, 6) is 4.19. The Bertz CT molecular complexity index is 5820. The van der Waals surface area contributed by atoms with Gasteiger partial charge in [0.05, 0.1) is 17.1 Å². The van der Waals surface area contributed by atoms with E-state index in [1.807, 2.05) is 203 Å². The maximum atomic E-state index is 13.9. The van der Waals surface area contributed by atoms with Crippen molar-refractivity contribution in [2.75, 3.05) is 19.8 Å². The predicted octanol–water partition coefficient (Wildman–Crippen LogP) is 13.5. The highest BCUT2D eigenvalue weighted by Gasteiger charge is 2.32. The van der Waals surface area contributed by atoms with Gasteiger partial charge in [0.1, 0.15) is 35.8 Å². The first-order valence-electron chi connectivity index (χ1n) is 41.3. The van der Waals surface area contributed by atoms with E-state index < -0.39 is 33.7 Å². The van der Waals surface area contributed by atoms with E-state index in [2.05, 4.69) is 6.92 Å². The van der Waals surface area contributed by atoms with E-state index in [0.29, 0.717) is 133 Å². The van der Waals surface area contributed by atoms with Crippen LogP contribution in [0, 0.1) is 26.7 Å². The minimum atomic E-state index is -0.403. The first-order chi connectivity index (χ1) is 56.2. The molecule has 117 heavy (non-hydrogen) atoms. The number of aryl methyl sites for hydroxylation is 3. The molecule has 3 aliphatic rings. The van der Waals surface area contributed by atoms with E-state index in [1.54, 1.807) is 13.7 Å². The summed E-state index contributed by atoms with van der Waals surface area (Å²) in [6, 6.07) is 40.6. The molecular formula is C90H113N15O12. The van der Waals surface area contributed by atoms with E-state index in [0.717, 1.165) is 89.0 Å². The summed E-state index contributed by atoms with van der Waals surface area (Å²) in [7, 11) is 0. The summed E-state index contributed by atoms with van der Waals surface area (Å²) in [6.45, 7) is 21.1. The molecule has 620 valence electrons. The van der Waals surface area contributed by atoms with Gasteiger partial charge in [-0.3, -0.25) is 41.8 Å². The van der Waals surface area contributed by atoms with Crippen molar-refractivity contribution >= 4 is 33.5 Å². The van der Waals surface area contributed by atoms with Gasteiger partial charge in [0.2, 0.25) is 17.6 Å². The fourth-order valence-electron chi connectivity index (χ4n) is 15.6. The second-order valence-electron chi connectivity index (χ2n) is 31.2. The highest BCUT2D eigenvalue weighted by atomic mass is 16.5. The minimum absolute atomic E-state index is 0. The van der Waals surface area contributed by atoms with E-state index in [-0.39, 0.29) is 83.3 Å². The molecule has 27 heteroatoms. The van der Waals surface area contributed by atoms with E-state index in [1.165, 1.54) is 33.0 Å². The number of hydrogen-bond donors (Lipinski definition) is 3. The summed E-state index contributed by atoms with van der Waals surface area (Å²) in [4.78, 5) is 111. The monoisotopic (exact) mass is 1600 g/mol. The molecule has 3 atom stereocenters. The lowest BCUT2D eigenvalue weighted by molar-refractivity contribution is 0.0694. The first-order valence-corrected chi connectivity index (χ1v) is 41.3. The second kappa shape index (κ2) is 38.3. The van der Waals surface area contributed by atoms with Crippen LogP contribution in [-0.2, 0) is 39.3 Å². The Morgan fingerprint density at radius 3 is 0.915 bits per heavy atom. The third-order valence-corrected chi connectivity index (χ3v) is 22.9.